The van der Waals surface area contributed by atoms with E-state index < -0.39 is 32.4 Å². The first-order valence-electron chi connectivity index (χ1n) is 6.91. The van der Waals surface area contributed by atoms with E-state index in [9.17, 15) is 27.7 Å². The van der Waals surface area contributed by atoms with Crippen LogP contribution in [0.25, 0.3) is 0 Å². The molecule has 0 bridgehead atoms. The SMILES string of the molecule is CN(C)S(=O)(=O)c1cccc(C(=O)Nc2ccc(F)c([N+](=O)[O-])c2)c1. The Morgan fingerprint density at radius 2 is 1.88 bits per heavy atom. The Balaban J connectivity index is 2.31. The van der Waals surface area contributed by atoms with Gasteiger partial charge in [0.15, 0.2) is 0 Å². The molecular weight excluding hydrogens is 353 g/mol. The Morgan fingerprint density at radius 3 is 2.48 bits per heavy atom. The minimum absolute atomic E-state index is 0.0129. The predicted molar refractivity (Wildman–Crippen MR) is 88.3 cm³/mol. The molecule has 0 unspecified atom stereocenters. The lowest BCUT2D eigenvalue weighted by Crippen LogP contribution is -2.22. The lowest BCUT2D eigenvalue weighted by atomic mass is 10.2. The van der Waals surface area contributed by atoms with Crippen molar-refractivity contribution >= 4 is 27.3 Å². The maximum Gasteiger partial charge on any atom is 0.306 e. The number of amides is 1. The van der Waals surface area contributed by atoms with E-state index in [1.807, 2.05) is 0 Å². The summed E-state index contributed by atoms with van der Waals surface area (Å²) in [6.07, 6.45) is 0. The molecule has 0 saturated carbocycles. The zero-order valence-corrected chi connectivity index (χ0v) is 14.1. The number of nitrogens with one attached hydrogen (secondary N) is 1. The predicted octanol–water partition coefficient (Wildman–Crippen LogP) is 2.24. The minimum Gasteiger partial charge on any atom is -0.322 e. The number of nitro benzene ring substituents is 1. The smallest absolute Gasteiger partial charge is 0.306 e. The summed E-state index contributed by atoms with van der Waals surface area (Å²) >= 11 is 0. The van der Waals surface area contributed by atoms with E-state index in [0.717, 1.165) is 16.4 Å². The molecule has 0 heterocycles. The van der Waals surface area contributed by atoms with Gasteiger partial charge in [0.2, 0.25) is 15.8 Å². The fraction of sp³-hybridized carbons (Fsp3) is 0.133. The third kappa shape index (κ3) is 3.98. The number of anilines is 1. The van der Waals surface area contributed by atoms with Crippen molar-refractivity contribution in [2.45, 2.75) is 4.90 Å². The molecular formula is C15H14FN3O5S. The first kappa shape index (κ1) is 18.5. The molecule has 0 radical (unpaired) electrons. The van der Waals surface area contributed by atoms with Crippen molar-refractivity contribution in [2.75, 3.05) is 19.4 Å². The second-order valence-corrected chi connectivity index (χ2v) is 7.34. The van der Waals surface area contributed by atoms with Crippen molar-refractivity contribution in [3.63, 3.8) is 0 Å². The molecule has 132 valence electrons. The molecule has 0 atom stereocenters. The zero-order valence-electron chi connectivity index (χ0n) is 13.3. The molecule has 8 nitrogen and oxygen atoms in total. The number of rotatable bonds is 5. The van der Waals surface area contributed by atoms with E-state index in [1.165, 1.54) is 44.4 Å². The van der Waals surface area contributed by atoms with Crippen LogP contribution in [0.3, 0.4) is 0 Å². The normalized spacial score (nSPS) is 11.4. The summed E-state index contributed by atoms with van der Waals surface area (Å²) in [5, 5.41) is 13.1. The highest BCUT2D eigenvalue weighted by Crippen LogP contribution is 2.22. The Bertz CT molecular complexity index is 944. The quantitative estimate of drug-likeness (QED) is 0.644. The number of hydrogen-bond donors (Lipinski definition) is 1. The number of benzene rings is 2. The molecule has 1 N–H and O–H groups in total. The van der Waals surface area contributed by atoms with E-state index in [1.54, 1.807) is 0 Å². The number of sulfonamides is 1. The second kappa shape index (κ2) is 6.95. The maximum atomic E-state index is 13.3. The summed E-state index contributed by atoms with van der Waals surface area (Å²) in [4.78, 5) is 22.0. The highest BCUT2D eigenvalue weighted by atomic mass is 32.2. The van der Waals surface area contributed by atoms with Crippen LogP contribution in [0, 0.1) is 15.9 Å². The minimum atomic E-state index is -3.71. The standard InChI is InChI=1S/C15H14FN3O5S/c1-18(2)25(23,24)12-5-3-4-10(8-12)15(20)17-11-6-7-13(16)14(9-11)19(21)22/h3-9H,1-2H3,(H,17,20). The highest BCUT2D eigenvalue weighted by molar-refractivity contribution is 7.89. The van der Waals surface area contributed by atoms with Crippen LogP contribution >= 0.6 is 0 Å². The van der Waals surface area contributed by atoms with Crippen LogP contribution in [0.4, 0.5) is 15.8 Å². The highest BCUT2D eigenvalue weighted by Gasteiger charge is 2.19. The average Bonchev–Trinajstić information content (AvgIpc) is 2.56. The molecule has 10 heteroatoms. The van der Waals surface area contributed by atoms with Crippen molar-refractivity contribution in [1.82, 2.24) is 4.31 Å². The maximum absolute atomic E-state index is 13.3. The second-order valence-electron chi connectivity index (χ2n) is 5.19. The fourth-order valence-electron chi connectivity index (χ4n) is 1.94. The van der Waals surface area contributed by atoms with Gasteiger partial charge in [0, 0.05) is 31.4 Å². The molecule has 0 aliphatic rings. The number of halogens is 1. The van der Waals surface area contributed by atoms with Crippen molar-refractivity contribution in [2.24, 2.45) is 0 Å². The van der Waals surface area contributed by atoms with Crippen LogP contribution in [0.15, 0.2) is 47.4 Å². The summed E-state index contributed by atoms with van der Waals surface area (Å²) in [6.45, 7) is 0. The van der Waals surface area contributed by atoms with Gasteiger partial charge in [-0.3, -0.25) is 14.9 Å². The third-order valence-electron chi connectivity index (χ3n) is 3.28. The molecule has 2 rings (SSSR count). The van der Waals surface area contributed by atoms with E-state index in [0.29, 0.717) is 0 Å². The van der Waals surface area contributed by atoms with Crippen molar-refractivity contribution < 1.29 is 22.5 Å². The average molecular weight is 367 g/mol. The van der Waals surface area contributed by atoms with E-state index in [-0.39, 0.29) is 16.1 Å². The number of nitro groups is 1. The first-order chi connectivity index (χ1) is 11.6. The van der Waals surface area contributed by atoms with Crippen molar-refractivity contribution in [3.05, 3.63) is 64.0 Å². The van der Waals surface area contributed by atoms with Crippen molar-refractivity contribution in [1.29, 1.82) is 0 Å². The van der Waals surface area contributed by atoms with Crippen LogP contribution in [0.2, 0.25) is 0 Å². The summed E-state index contributed by atoms with van der Waals surface area (Å²) in [7, 11) is -0.993. The molecule has 0 aliphatic carbocycles. The van der Waals surface area contributed by atoms with Crippen LogP contribution in [-0.4, -0.2) is 37.6 Å². The Labute approximate surface area is 143 Å². The molecule has 0 spiro atoms. The van der Waals surface area contributed by atoms with E-state index in [4.69, 9.17) is 0 Å². The monoisotopic (exact) mass is 367 g/mol. The summed E-state index contributed by atoms with van der Waals surface area (Å²) < 4.78 is 38.5. The zero-order chi connectivity index (χ0) is 18.8. The van der Waals surface area contributed by atoms with Gasteiger partial charge < -0.3 is 5.32 Å². The molecule has 25 heavy (non-hydrogen) atoms. The topological polar surface area (TPSA) is 110 Å². The molecule has 2 aromatic rings. The largest absolute Gasteiger partial charge is 0.322 e. The van der Waals surface area contributed by atoms with E-state index >= 15 is 0 Å². The fourth-order valence-corrected chi connectivity index (χ4v) is 2.89. The van der Waals surface area contributed by atoms with Gasteiger partial charge in [0.25, 0.3) is 5.91 Å². The number of carbonyl (C=O) groups is 1. The van der Waals surface area contributed by atoms with Gasteiger partial charge in [0.1, 0.15) is 0 Å². The van der Waals surface area contributed by atoms with Gasteiger partial charge in [-0.05, 0) is 30.3 Å². The Hall–Kier alpha value is -2.85. The van der Waals surface area contributed by atoms with Gasteiger partial charge in [-0.25, -0.2) is 12.7 Å². The third-order valence-corrected chi connectivity index (χ3v) is 5.09. The number of hydrogen-bond acceptors (Lipinski definition) is 5. The van der Waals surface area contributed by atoms with Gasteiger partial charge in [-0.1, -0.05) is 6.07 Å². The van der Waals surface area contributed by atoms with Crippen LogP contribution in [0.5, 0.6) is 0 Å². The lowest BCUT2D eigenvalue weighted by molar-refractivity contribution is -0.387. The summed E-state index contributed by atoms with van der Waals surface area (Å²) in [5.41, 5.74) is -0.726. The summed E-state index contributed by atoms with van der Waals surface area (Å²) in [6, 6.07) is 8.23. The molecule has 1 amide bonds. The van der Waals surface area contributed by atoms with Crippen molar-refractivity contribution in [3.8, 4) is 0 Å². The molecule has 2 aromatic carbocycles. The molecule has 0 saturated heterocycles. The summed E-state index contributed by atoms with van der Waals surface area (Å²) in [5.74, 6) is -1.71. The van der Waals surface area contributed by atoms with E-state index in [2.05, 4.69) is 5.32 Å². The van der Waals surface area contributed by atoms with Gasteiger partial charge in [0.05, 0.1) is 9.82 Å². The Kier molecular flexibility index (Phi) is 5.14. The van der Waals surface area contributed by atoms with Gasteiger partial charge in [-0.15, -0.1) is 0 Å². The molecule has 0 fully saturated rings. The number of nitrogens with zero attached hydrogens (tertiary/aromatic N) is 2. The van der Waals surface area contributed by atoms with Crippen LogP contribution in [0.1, 0.15) is 10.4 Å². The van der Waals surface area contributed by atoms with Crippen LogP contribution in [-0.2, 0) is 10.0 Å². The van der Waals surface area contributed by atoms with Gasteiger partial charge >= 0.3 is 5.69 Å². The first-order valence-corrected chi connectivity index (χ1v) is 8.35. The Morgan fingerprint density at radius 1 is 1.20 bits per heavy atom. The lowest BCUT2D eigenvalue weighted by Gasteiger charge is -2.12. The van der Waals surface area contributed by atoms with Gasteiger partial charge in [-0.2, -0.15) is 4.39 Å². The molecule has 0 aliphatic heterocycles. The van der Waals surface area contributed by atoms with Crippen LogP contribution < -0.4 is 5.32 Å². The number of carbonyl (C=O) groups excluding carboxylic acids is 1. The molecule has 0 aromatic heterocycles.